The molecule has 4 rings (SSSR count). The SMILES string of the molecule is CNc1cc(OCC(=O)N(C)C(CN2CC[C@H](O)C2)c2ccccc2)nc2ccccc12. The number of likely N-dealkylation sites (N-methyl/N-ethyl adjacent to an activating group) is 1. The van der Waals surface area contributed by atoms with Gasteiger partial charge in [0, 0.05) is 50.9 Å². The molecule has 0 bridgehead atoms. The molecule has 2 atom stereocenters. The molecule has 1 saturated heterocycles. The Bertz CT molecular complexity index is 1060. The smallest absolute Gasteiger partial charge is 0.260 e. The number of pyridine rings is 1. The summed E-state index contributed by atoms with van der Waals surface area (Å²) >= 11 is 0. The van der Waals surface area contributed by atoms with Gasteiger partial charge in [-0.25, -0.2) is 4.98 Å². The number of amides is 1. The Hall–Kier alpha value is -3.16. The molecule has 0 aliphatic carbocycles. The molecule has 7 nitrogen and oxygen atoms in total. The van der Waals surface area contributed by atoms with E-state index in [1.165, 1.54) is 0 Å². The number of aromatic nitrogens is 1. The summed E-state index contributed by atoms with van der Waals surface area (Å²) in [7, 11) is 3.66. The van der Waals surface area contributed by atoms with Crippen molar-refractivity contribution in [3.05, 3.63) is 66.2 Å². The highest BCUT2D eigenvalue weighted by Crippen LogP contribution is 2.27. The number of hydrogen-bond acceptors (Lipinski definition) is 6. The van der Waals surface area contributed by atoms with Gasteiger partial charge in [-0.15, -0.1) is 0 Å². The van der Waals surface area contributed by atoms with Crippen molar-refractivity contribution in [2.75, 3.05) is 45.7 Å². The molecule has 1 fully saturated rings. The maximum Gasteiger partial charge on any atom is 0.260 e. The van der Waals surface area contributed by atoms with E-state index in [2.05, 4.69) is 15.2 Å². The van der Waals surface area contributed by atoms with Crippen LogP contribution in [-0.2, 0) is 4.79 Å². The molecule has 0 radical (unpaired) electrons. The average Bonchev–Trinajstić information content (AvgIpc) is 3.25. The molecule has 1 aliphatic heterocycles. The van der Waals surface area contributed by atoms with Crippen molar-refractivity contribution in [3.8, 4) is 5.88 Å². The summed E-state index contributed by atoms with van der Waals surface area (Å²) in [5.41, 5.74) is 2.78. The van der Waals surface area contributed by atoms with Crippen LogP contribution in [0, 0.1) is 0 Å². The summed E-state index contributed by atoms with van der Waals surface area (Å²) in [6.45, 7) is 2.03. The highest BCUT2D eigenvalue weighted by atomic mass is 16.5. The third-order valence-electron chi connectivity index (χ3n) is 6.03. The van der Waals surface area contributed by atoms with E-state index in [9.17, 15) is 9.90 Å². The molecule has 3 aromatic rings. The number of aliphatic hydroxyl groups is 1. The van der Waals surface area contributed by atoms with E-state index in [0.717, 1.165) is 35.1 Å². The Kier molecular flexibility index (Phi) is 6.87. The van der Waals surface area contributed by atoms with E-state index in [0.29, 0.717) is 19.0 Å². The number of anilines is 1. The van der Waals surface area contributed by atoms with E-state index in [1.807, 2.05) is 74.8 Å². The Morgan fingerprint density at radius 3 is 2.72 bits per heavy atom. The van der Waals surface area contributed by atoms with Gasteiger partial charge in [0.05, 0.1) is 17.7 Å². The Morgan fingerprint density at radius 1 is 1.25 bits per heavy atom. The average molecular weight is 435 g/mol. The summed E-state index contributed by atoms with van der Waals surface area (Å²) in [6, 6.07) is 19.5. The van der Waals surface area contributed by atoms with Crippen LogP contribution in [0.15, 0.2) is 60.7 Å². The van der Waals surface area contributed by atoms with E-state index in [1.54, 1.807) is 4.90 Å². The minimum Gasteiger partial charge on any atom is -0.467 e. The molecule has 7 heteroatoms. The topological polar surface area (TPSA) is 77.9 Å². The van der Waals surface area contributed by atoms with Crippen molar-refractivity contribution in [1.82, 2.24) is 14.8 Å². The number of benzene rings is 2. The van der Waals surface area contributed by atoms with Crippen LogP contribution in [0.25, 0.3) is 10.9 Å². The molecular weight excluding hydrogens is 404 g/mol. The highest BCUT2D eigenvalue weighted by molar-refractivity contribution is 5.91. The van der Waals surface area contributed by atoms with Crippen LogP contribution in [-0.4, -0.2) is 72.2 Å². The van der Waals surface area contributed by atoms with Crippen LogP contribution in [0.2, 0.25) is 0 Å². The number of β-amino-alcohol motifs (C(OH)–C–C–N with tert-alkyl or cyclic N) is 1. The predicted molar refractivity (Wildman–Crippen MR) is 126 cm³/mol. The van der Waals surface area contributed by atoms with Gasteiger partial charge in [-0.05, 0) is 18.1 Å². The van der Waals surface area contributed by atoms with Gasteiger partial charge in [0.15, 0.2) is 6.61 Å². The number of fused-ring (bicyclic) bond motifs is 1. The molecule has 1 amide bonds. The monoisotopic (exact) mass is 434 g/mol. The molecule has 168 valence electrons. The van der Waals surface area contributed by atoms with Gasteiger partial charge >= 0.3 is 0 Å². The van der Waals surface area contributed by atoms with Gasteiger partial charge in [0.2, 0.25) is 5.88 Å². The lowest BCUT2D eigenvalue weighted by Gasteiger charge is -2.32. The Morgan fingerprint density at radius 2 is 2.00 bits per heavy atom. The fourth-order valence-corrected chi connectivity index (χ4v) is 4.19. The van der Waals surface area contributed by atoms with Crippen molar-refractivity contribution in [1.29, 1.82) is 0 Å². The van der Waals surface area contributed by atoms with Crippen molar-refractivity contribution in [3.63, 3.8) is 0 Å². The molecule has 2 aromatic carbocycles. The fraction of sp³-hybridized carbons (Fsp3) is 0.360. The number of carbonyl (C=O) groups excluding carboxylic acids is 1. The highest BCUT2D eigenvalue weighted by Gasteiger charge is 2.28. The van der Waals surface area contributed by atoms with Crippen molar-refractivity contribution in [2.24, 2.45) is 0 Å². The standard InChI is InChI=1S/C25H30N4O3/c1-26-22-14-24(27-21-11-7-6-10-20(21)22)32-17-25(31)28(2)23(18-8-4-3-5-9-18)16-29-13-12-19(30)15-29/h3-11,14,19,23,30H,12-13,15-17H2,1-2H3,(H,26,27)/t19-,23?/m0/s1. The third-order valence-corrected chi connectivity index (χ3v) is 6.03. The molecule has 1 aromatic heterocycles. The minimum atomic E-state index is -0.295. The van der Waals surface area contributed by atoms with Gasteiger partial charge in [-0.3, -0.25) is 9.69 Å². The molecule has 2 heterocycles. The number of para-hydroxylation sites is 1. The summed E-state index contributed by atoms with van der Waals surface area (Å²) in [5.74, 6) is 0.285. The van der Waals surface area contributed by atoms with Crippen LogP contribution >= 0.6 is 0 Å². The minimum absolute atomic E-state index is 0.100. The van der Waals surface area contributed by atoms with Gasteiger partial charge in [-0.2, -0.15) is 0 Å². The van der Waals surface area contributed by atoms with Crippen molar-refractivity contribution >= 4 is 22.5 Å². The van der Waals surface area contributed by atoms with E-state index in [-0.39, 0.29) is 24.7 Å². The number of rotatable bonds is 8. The van der Waals surface area contributed by atoms with E-state index in [4.69, 9.17) is 4.74 Å². The first kappa shape index (κ1) is 22.0. The van der Waals surface area contributed by atoms with Crippen molar-refractivity contribution in [2.45, 2.75) is 18.6 Å². The second-order valence-corrected chi connectivity index (χ2v) is 8.20. The molecule has 1 unspecified atom stereocenters. The fourth-order valence-electron chi connectivity index (χ4n) is 4.19. The van der Waals surface area contributed by atoms with Crippen LogP contribution in [0.5, 0.6) is 5.88 Å². The number of aliphatic hydroxyl groups excluding tert-OH is 1. The zero-order valence-corrected chi connectivity index (χ0v) is 18.6. The number of nitrogens with one attached hydrogen (secondary N) is 1. The number of hydrogen-bond donors (Lipinski definition) is 2. The summed E-state index contributed by atoms with van der Waals surface area (Å²) in [5, 5.41) is 14.1. The maximum atomic E-state index is 13.1. The first-order chi connectivity index (χ1) is 15.5. The van der Waals surface area contributed by atoms with Crippen LogP contribution in [0.4, 0.5) is 5.69 Å². The van der Waals surface area contributed by atoms with Crippen LogP contribution in [0.1, 0.15) is 18.0 Å². The van der Waals surface area contributed by atoms with Gasteiger partial charge in [-0.1, -0.05) is 48.5 Å². The first-order valence-corrected chi connectivity index (χ1v) is 11.0. The number of ether oxygens (including phenoxy) is 1. The lowest BCUT2D eigenvalue weighted by Crippen LogP contribution is -2.41. The quantitative estimate of drug-likeness (QED) is 0.568. The third kappa shape index (κ3) is 5.00. The summed E-state index contributed by atoms with van der Waals surface area (Å²) in [4.78, 5) is 21.6. The second kappa shape index (κ2) is 9.97. The summed E-state index contributed by atoms with van der Waals surface area (Å²) < 4.78 is 5.82. The Balaban J connectivity index is 1.47. The number of nitrogens with zero attached hydrogens (tertiary/aromatic N) is 3. The van der Waals surface area contributed by atoms with Gasteiger partial charge < -0.3 is 20.1 Å². The van der Waals surface area contributed by atoms with E-state index < -0.39 is 0 Å². The largest absolute Gasteiger partial charge is 0.467 e. The lowest BCUT2D eigenvalue weighted by molar-refractivity contribution is -0.134. The summed E-state index contributed by atoms with van der Waals surface area (Å²) in [6.07, 6.45) is 0.472. The normalized spacial score (nSPS) is 17.3. The van der Waals surface area contributed by atoms with Crippen LogP contribution < -0.4 is 10.1 Å². The molecular formula is C25H30N4O3. The van der Waals surface area contributed by atoms with Gasteiger partial charge in [0.25, 0.3) is 5.91 Å². The van der Waals surface area contributed by atoms with Crippen molar-refractivity contribution < 1.29 is 14.6 Å². The second-order valence-electron chi connectivity index (χ2n) is 8.20. The number of likely N-dealkylation sites (tertiary alicyclic amines) is 1. The molecule has 2 N–H and O–H groups in total. The molecule has 0 saturated carbocycles. The molecule has 0 spiro atoms. The Labute approximate surface area is 188 Å². The molecule has 32 heavy (non-hydrogen) atoms. The first-order valence-electron chi connectivity index (χ1n) is 11.0. The van der Waals surface area contributed by atoms with Gasteiger partial charge in [0.1, 0.15) is 0 Å². The zero-order valence-electron chi connectivity index (χ0n) is 18.6. The van der Waals surface area contributed by atoms with E-state index >= 15 is 0 Å². The lowest BCUT2D eigenvalue weighted by atomic mass is 10.0. The predicted octanol–water partition coefficient (Wildman–Crippen LogP) is 2.92. The number of carbonyl (C=O) groups is 1. The van der Waals surface area contributed by atoms with Crippen LogP contribution in [0.3, 0.4) is 0 Å². The molecule has 1 aliphatic rings. The zero-order chi connectivity index (χ0) is 22.5. The maximum absolute atomic E-state index is 13.1.